The van der Waals surface area contributed by atoms with Gasteiger partial charge in [-0.15, -0.1) is 0 Å². The zero-order valence-electron chi connectivity index (χ0n) is 19.1. The van der Waals surface area contributed by atoms with E-state index in [4.69, 9.17) is 18.9 Å². The van der Waals surface area contributed by atoms with Crippen molar-refractivity contribution in [1.29, 1.82) is 0 Å². The Hall–Kier alpha value is -3.47. The number of hydrogen-bond donors (Lipinski definition) is 0. The van der Waals surface area contributed by atoms with Crippen LogP contribution in [0.3, 0.4) is 0 Å². The number of benzene rings is 3. The fourth-order valence-electron chi connectivity index (χ4n) is 3.80. The van der Waals surface area contributed by atoms with Crippen LogP contribution in [0.1, 0.15) is 32.6 Å². The number of ether oxygens (including phenoxy) is 4. The average Bonchev–Trinajstić information content (AvgIpc) is 2.85. The van der Waals surface area contributed by atoms with Gasteiger partial charge in [-0.3, -0.25) is 0 Å². The largest absolute Gasteiger partial charge is 0.496 e. The highest BCUT2D eigenvalue weighted by Gasteiger charge is 2.15. The maximum atomic E-state index is 11.9. The van der Waals surface area contributed by atoms with E-state index < -0.39 is 5.97 Å². The van der Waals surface area contributed by atoms with Gasteiger partial charge in [0.15, 0.2) is 11.5 Å². The smallest absolute Gasteiger partial charge is 0.341 e. The monoisotopic (exact) mass is 434 g/mol. The van der Waals surface area contributed by atoms with E-state index in [-0.39, 0.29) is 0 Å². The molecule has 3 aromatic carbocycles. The second kappa shape index (κ2) is 11.2. The van der Waals surface area contributed by atoms with E-state index in [1.807, 2.05) is 18.2 Å². The molecule has 0 N–H and O–H groups in total. The molecule has 3 aromatic rings. The molecule has 0 fully saturated rings. The zero-order valence-corrected chi connectivity index (χ0v) is 19.1. The number of carbonyl (C=O) groups is 1. The lowest BCUT2D eigenvalue weighted by Crippen LogP contribution is -2.05. The molecule has 168 valence electrons. The molecule has 0 heterocycles. The molecular weight excluding hydrogens is 404 g/mol. The van der Waals surface area contributed by atoms with Crippen molar-refractivity contribution >= 4 is 5.97 Å². The number of hydrogen-bond acceptors (Lipinski definition) is 5. The summed E-state index contributed by atoms with van der Waals surface area (Å²) in [6.45, 7) is 0. The molecule has 0 aliphatic rings. The summed E-state index contributed by atoms with van der Waals surface area (Å²) in [7, 11) is 6.24. The Morgan fingerprint density at radius 2 is 1.19 bits per heavy atom. The van der Waals surface area contributed by atoms with E-state index in [1.54, 1.807) is 27.4 Å². The Labute approximate surface area is 189 Å². The summed E-state index contributed by atoms with van der Waals surface area (Å²) in [5, 5.41) is 0. The predicted octanol–water partition coefficient (Wildman–Crippen LogP) is 5.07. The highest BCUT2D eigenvalue weighted by Crippen LogP contribution is 2.32. The number of aryl methyl sites for hydroxylation is 4. The van der Waals surface area contributed by atoms with Crippen LogP contribution in [-0.4, -0.2) is 34.4 Å². The van der Waals surface area contributed by atoms with Crippen molar-refractivity contribution in [2.24, 2.45) is 0 Å². The van der Waals surface area contributed by atoms with Crippen LogP contribution in [-0.2, 0) is 30.4 Å². The van der Waals surface area contributed by atoms with E-state index in [0.717, 1.165) is 42.7 Å². The van der Waals surface area contributed by atoms with Crippen LogP contribution in [0.5, 0.6) is 17.2 Å². The first-order valence-electron chi connectivity index (χ1n) is 10.6. The average molecular weight is 435 g/mol. The zero-order chi connectivity index (χ0) is 22.9. The Bertz CT molecular complexity index is 1040. The van der Waals surface area contributed by atoms with E-state index >= 15 is 0 Å². The molecule has 3 rings (SSSR count). The highest BCUT2D eigenvalue weighted by atomic mass is 16.5. The van der Waals surface area contributed by atoms with Gasteiger partial charge in [-0.25, -0.2) is 4.79 Å². The summed E-state index contributed by atoms with van der Waals surface area (Å²) in [6.07, 6.45) is 3.48. The predicted molar refractivity (Wildman–Crippen MR) is 125 cm³/mol. The molecule has 32 heavy (non-hydrogen) atoms. The van der Waals surface area contributed by atoms with Gasteiger partial charge in [0.05, 0.1) is 28.4 Å². The van der Waals surface area contributed by atoms with Gasteiger partial charge in [0.25, 0.3) is 0 Å². The summed E-state index contributed by atoms with van der Waals surface area (Å²) in [6, 6.07) is 20.2. The standard InChI is InChI=1S/C27H30O5/c1-29-24-16-20(12-15-23(24)27(28)32-4)11-14-22-18-26(31-3)25(30-2)17-21(22)13-10-19-8-6-5-7-9-19/h5-9,12,15-18H,10-11,13-14H2,1-4H3. The molecule has 0 aliphatic carbocycles. The van der Waals surface area contributed by atoms with Crippen LogP contribution in [0.25, 0.3) is 0 Å². The third-order valence-electron chi connectivity index (χ3n) is 5.59. The highest BCUT2D eigenvalue weighted by molar-refractivity contribution is 5.92. The van der Waals surface area contributed by atoms with E-state index in [0.29, 0.717) is 11.3 Å². The first kappa shape index (κ1) is 23.2. The van der Waals surface area contributed by atoms with Gasteiger partial charge in [0.2, 0.25) is 0 Å². The van der Waals surface area contributed by atoms with Crippen molar-refractivity contribution < 1.29 is 23.7 Å². The van der Waals surface area contributed by atoms with Crippen molar-refractivity contribution in [3.63, 3.8) is 0 Å². The van der Waals surface area contributed by atoms with Crippen molar-refractivity contribution in [2.75, 3.05) is 28.4 Å². The Morgan fingerprint density at radius 1 is 0.625 bits per heavy atom. The van der Waals surface area contributed by atoms with Crippen LogP contribution in [0, 0.1) is 0 Å². The number of carbonyl (C=O) groups excluding carboxylic acids is 1. The molecule has 5 nitrogen and oxygen atoms in total. The third kappa shape index (κ3) is 5.61. The van der Waals surface area contributed by atoms with Crippen LogP contribution in [0.15, 0.2) is 60.7 Å². The molecule has 0 aromatic heterocycles. The molecule has 0 aliphatic heterocycles. The fourth-order valence-corrected chi connectivity index (χ4v) is 3.80. The quantitative estimate of drug-likeness (QED) is 0.417. The molecule has 0 saturated heterocycles. The first-order chi connectivity index (χ1) is 15.6. The molecule has 0 unspecified atom stereocenters. The van der Waals surface area contributed by atoms with Gasteiger partial charge in [0.1, 0.15) is 11.3 Å². The van der Waals surface area contributed by atoms with Crippen LogP contribution >= 0.6 is 0 Å². The second-order valence-corrected chi connectivity index (χ2v) is 7.49. The summed E-state index contributed by atoms with van der Waals surface area (Å²) in [5.74, 6) is 1.58. The summed E-state index contributed by atoms with van der Waals surface area (Å²) in [4.78, 5) is 11.9. The minimum absolute atomic E-state index is 0.406. The van der Waals surface area contributed by atoms with Crippen LogP contribution in [0.2, 0.25) is 0 Å². The Balaban J connectivity index is 1.83. The van der Waals surface area contributed by atoms with E-state index in [1.165, 1.54) is 23.8 Å². The van der Waals surface area contributed by atoms with Crippen molar-refractivity contribution in [1.82, 2.24) is 0 Å². The van der Waals surface area contributed by atoms with Gasteiger partial charge in [-0.1, -0.05) is 36.4 Å². The Morgan fingerprint density at radius 3 is 1.72 bits per heavy atom. The van der Waals surface area contributed by atoms with Gasteiger partial charge < -0.3 is 18.9 Å². The molecule has 0 radical (unpaired) electrons. The van der Waals surface area contributed by atoms with Crippen molar-refractivity contribution in [3.05, 3.63) is 88.5 Å². The molecular formula is C27H30O5. The van der Waals surface area contributed by atoms with Crippen LogP contribution < -0.4 is 14.2 Å². The fraction of sp³-hybridized carbons (Fsp3) is 0.296. The van der Waals surface area contributed by atoms with Crippen LogP contribution in [0.4, 0.5) is 0 Å². The number of esters is 1. The molecule has 5 heteroatoms. The minimum atomic E-state index is -0.406. The van der Waals surface area contributed by atoms with Crippen molar-refractivity contribution in [3.8, 4) is 17.2 Å². The second-order valence-electron chi connectivity index (χ2n) is 7.49. The summed E-state index contributed by atoms with van der Waals surface area (Å²) in [5.41, 5.74) is 5.27. The lowest BCUT2D eigenvalue weighted by Gasteiger charge is -2.16. The summed E-state index contributed by atoms with van der Waals surface area (Å²) >= 11 is 0. The first-order valence-corrected chi connectivity index (χ1v) is 10.6. The van der Waals surface area contributed by atoms with Crippen molar-refractivity contribution in [2.45, 2.75) is 25.7 Å². The Kier molecular flexibility index (Phi) is 8.14. The summed E-state index contributed by atoms with van der Waals surface area (Å²) < 4.78 is 21.3. The van der Waals surface area contributed by atoms with E-state index in [2.05, 4.69) is 36.4 Å². The van der Waals surface area contributed by atoms with Gasteiger partial charge in [-0.2, -0.15) is 0 Å². The SMILES string of the molecule is COC(=O)c1ccc(CCc2cc(OC)c(OC)cc2CCc2ccccc2)cc1OC. The maximum absolute atomic E-state index is 11.9. The molecule has 0 bridgehead atoms. The van der Waals surface area contributed by atoms with E-state index in [9.17, 15) is 4.79 Å². The van der Waals surface area contributed by atoms with Gasteiger partial charge >= 0.3 is 5.97 Å². The number of rotatable bonds is 10. The number of methoxy groups -OCH3 is 4. The molecule has 0 saturated carbocycles. The molecule has 0 spiro atoms. The van der Waals surface area contributed by atoms with Gasteiger partial charge in [0, 0.05) is 0 Å². The normalized spacial score (nSPS) is 10.5. The maximum Gasteiger partial charge on any atom is 0.341 e. The lowest BCUT2D eigenvalue weighted by atomic mass is 9.94. The molecule has 0 atom stereocenters. The third-order valence-corrected chi connectivity index (χ3v) is 5.59. The lowest BCUT2D eigenvalue weighted by molar-refractivity contribution is 0.0597. The molecule has 0 amide bonds. The van der Waals surface area contributed by atoms with Gasteiger partial charge in [-0.05, 0) is 72.2 Å². The minimum Gasteiger partial charge on any atom is -0.496 e. The topological polar surface area (TPSA) is 54.0 Å².